The van der Waals surface area contributed by atoms with E-state index in [1.165, 1.54) is 5.56 Å². The molecular formula is C13H14N4S. The van der Waals surface area contributed by atoms with Crippen LogP contribution in [0, 0.1) is 6.92 Å². The topological polar surface area (TPSA) is 63.8 Å². The van der Waals surface area contributed by atoms with Crippen LogP contribution in [0.2, 0.25) is 0 Å². The quantitative estimate of drug-likeness (QED) is 0.640. The predicted molar refractivity (Wildman–Crippen MR) is 75.0 cm³/mol. The van der Waals surface area contributed by atoms with Gasteiger partial charge < -0.3 is 5.43 Å². The predicted octanol–water partition coefficient (Wildman–Crippen LogP) is 2.48. The Balaban J connectivity index is 2.13. The second-order valence-corrected chi connectivity index (χ2v) is 5.31. The summed E-state index contributed by atoms with van der Waals surface area (Å²) in [7, 11) is 0. The molecule has 2 aromatic rings. The Morgan fingerprint density at radius 2 is 2.17 bits per heavy atom. The molecule has 0 fully saturated rings. The average molecular weight is 258 g/mol. The molecule has 1 aromatic carbocycles. The van der Waals surface area contributed by atoms with Gasteiger partial charge >= 0.3 is 0 Å². The molecule has 2 heterocycles. The number of hydrogen-bond donors (Lipinski definition) is 2. The van der Waals surface area contributed by atoms with Gasteiger partial charge in [0.15, 0.2) is 5.82 Å². The largest absolute Gasteiger partial charge is 0.308 e. The van der Waals surface area contributed by atoms with Crippen LogP contribution in [0.4, 0.5) is 5.82 Å². The highest BCUT2D eigenvalue weighted by atomic mass is 32.2. The molecule has 3 N–H and O–H groups in total. The lowest BCUT2D eigenvalue weighted by Crippen LogP contribution is -2.12. The zero-order valence-corrected chi connectivity index (χ0v) is 10.9. The molecule has 18 heavy (non-hydrogen) atoms. The summed E-state index contributed by atoms with van der Waals surface area (Å²) in [4.78, 5) is 9.16. The first-order chi connectivity index (χ1) is 8.78. The maximum Gasteiger partial charge on any atom is 0.161 e. The van der Waals surface area contributed by atoms with Gasteiger partial charge in [0, 0.05) is 22.6 Å². The number of aryl methyl sites for hydroxylation is 1. The van der Waals surface area contributed by atoms with E-state index in [2.05, 4.69) is 34.5 Å². The summed E-state index contributed by atoms with van der Waals surface area (Å²) in [5, 5.41) is 0. The number of fused-ring (bicyclic) bond motifs is 1. The molecule has 3 rings (SSSR count). The van der Waals surface area contributed by atoms with Crippen LogP contribution in [0.15, 0.2) is 24.3 Å². The van der Waals surface area contributed by atoms with Crippen molar-refractivity contribution in [1.29, 1.82) is 0 Å². The van der Waals surface area contributed by atoms with E-state index in [1.807, 2.05) is 23.9 Å². The van der Waals surface area contributed by atoms with Crippen molar-refractivity contribution in [1.82, 2.24) is 9.97 Å². The zero-order chi connectivity index (χ0) is 12.5. The van der Waals surface area contributed by atoms with Crippen LogP contribution in [0.3, 0.4) is 0 Å². The fourth-order valence-corrected chi connectivity index (χ4v) is 3.13. The molecule has 0 aliphatic carbocycles. The Bertz CT molecular complexity index is 598. The van der Waals surface area contributed by atoms with Crippen LogP contribution in [0.1, 0.15) is 16.8 Å². The van der Waals surface area contributed by atoms with E-state index in [9.17, 15) is 0 Å². The van der Waals surface area contributed by atoms with Gasteiger partial charge in [0.2, 0.25) is 0 Å². The van der Waals surface area contributed by atoms with Gasteiger partial charge in [0.05, 0.1) is 5.69 Å². The minimum atomic E-state index is 0.743. The molecule has 0 bridgehead atoms. The van der Waals surface area contributed by atoms with E-state index in [1.54, 1.807) is 0 Å². The zero-order valence-electron chi connectivity index (χ0n) is 10.1. The van der Waals surface area contributed by atoms with Crippen LogP contribution >= 0.6 is 11.8 Å². The number of nitrogens with two attached hydrogens (primary N) is 1. The minimum Gasteiger partial charge on any atom is -0.308 e. The van der Waals surface area contributed by atoms with Gasteiger partial charge in [-0.3, -0.25) is 0 Å². The summed E-state index contributed by atoms with van der Waals surface area (Å²) >= 11 is 1.84. The molecule has 0 spiro atoms. The molecule has 5 heteroatoms. The van der Waals surface area contributed by atoms with Gasteiger partial charge in [-0.1, -0.05) is 23.8 Å². The molecule has 0 saturated carbocycles. The summed E-state index contributed by atoms with van der Waals surface area (Å²) in [5.41, 5.74) is 7.16. The van der Waals surface area contributed by atoms with Gasteiger partial charge in [-0.2, -0.15) is 11.8 Å². The fourth-order valence-electron chi connectivity index (χ4n) is 2.08. The van der Waals surface area contributed by atoms with Crippen molar-refractivity contribution in [2.45, 2.75) is 18.4 Å². The lowest BCUT2D eigenvalue weighted by Gasteiger charge is -2.09. The number of thioether (sulfide) groups is 1. The SMILES string of the molecule is Cc1cccc(-c2nc3c(c(NN)n2)CSC3)c1. The van der Waals surface area contributed by atoms with Crippen molar-refractivity contribution in [2.24, 2.45) is 5.84 Å². The number of benzene rings is 1. The molecule has 1 aliphatic rings. The van der Waals surface area contributed by atoms with Crippen LogP contribution in [-0.2, 0) is 11.5 Å². The molecule has 1 aromatic heterocycles. The van der Waals surface area contributed by atoms with Gasteiger partial charge in [-0.05, 0) is 13.0 Å². The third-order valence-corrected chi connectivity index (χ3v) is 3.96. The summed E-state index contributed by atoms with van der Waals surface area (Å²) in [6, 6.07) is 8.20. The smallest absolute Gasteiger partial charge is 0.161 e. The second-order valence-electron chi connectivity index (χ2n) is 4.33. The van der Waals surface area contributed by atoms with E-state index in [4.69, 9.17) is 5.84 Å². The first-order valence-electron chi connectivity index (χ1n) is 5.79. The number of hydrogen-bond acceptors (Lipinski definition) is 5. The number of nitrogen functional groups attached to an aromatic ring is 1. The van der Waals surface area contributed by atoms with Gasteiger partial charge in [0.25, 0.3) is 0 Å². The lowest BCUT2D eigenvalue weighted by molar-refractivity contribution is 1.06. The monoisotopic (exact) mass is 258 g/mol. The normalized spacial score (nSPS) is 13.4. The third-order valence-electron chi connectivity index (χ3n) is 2.99. The van der Waals surface area contributed by atoms with Crippen molar-refractivity contribution in [2.75, 3.05) is 5.43 Å². The Hall–Kier alpha value is -1.59. The number of hydrazine groups is 1. The number of nitrogens with zero attached hydrogens (tertiary/aromatic N) is 2. The molecule has 0 radical (unpaired) electrons. The number of anilines is 1. The van der Waals surface area contributed by atoms with Crippen molar-refractivity contribution in [3.63, 3.8) is 0 Å². The van der Waals surface area contributed by atoms with E-state index < -0.39 is 0 Å². The van der Waals surface area contributed by atoms with Crippen molar-refractivity contribution < 1.29 is 0 Å². The van der Waals surface area contributed by atoms with E-state index >= 15 is 0 Å². The maximum absolute atomic E-state index is 5.55. The highest BCUT2D eigenvalue weighted by Gasteiger charge is 2.19. The van der Waals surface area contributed by atoms with E-state index in [0.29, 0.717) is 0 Å². The van der Waals surface area contributed by atoms with E-state index in [-0.39, 0.29) is 0 Å². The third kappa shape index (κ3) is 1.95. The standard InChI is InChI=1S/C13H14N4S/c1-8-3-2-4-9(5-8)12-15-11-7-18-6-10(11)13(16-12)17-14/h2-5H,6-7,14H2,1H3,(H,15,16,17). The number of aromatic nitrogens is 2. The maximum atomic E-state index is 5.55. The van der Waals surface area contributed by atoms with Crippen molar-refractivity contribution >= 4 is 17.6 Å². The number of rotatable bonds is 2. The average Bonchev–Trinajstić information content (AvgIpc) is 2.85. The van der Waals surface area contributed by atoms with Crippen molar-refractivity contribution in [3.8, 4) is 11.4 Å². The Morgan fingerprint density at radius 1 is 1.28 bits per heavy atom. The van der Waals surface area contributed by atoms with Crippen LogP contribution in [-0.4, -0.2) is 9.97 Å². The molecule has 0 unspecified atom stereocenters. The number of nitrogens with one attached hydrogen (secondary N) is 1. The fraction of sp³-hybridized carbons (Fsp3) is 0.231. The molecule has 0 atom stereocenters. The minimum absolute atomic E-state index is 0.743. The Kier molecular flexibility index (Phi) is 2.93. The summed E-state index contributed by atoms with van der Waals surface area (Å²) < 4.78 is 0. The van der Waals surface area contributed by atoms with Gasteiger partial charge in [-0.25, -0.2) is 15.8 Å². The van der Waals surface area contributed by atoms with Gasteiger partial charge in [-0.15, -0.1) is 0 Å². The van der Waals surface area contributed by atoms with Crippen LogP contribution in [0.25, 0.3) is 11.4 Å². The van der Waals surface area contributed by atoms with Gasteiger partial charge in [0.1, 0.15) is 5.82 Å². The highest BCUT2D eigenvalue weighted by Crippen LogP contribution is 2.34. The molecule has 0 amide bonds. The summed E-state index contributed by atoms with van der Waals surface area (Å²) in [6.07, 6.45) is 0. The summed E-state index contributed by atoms with van der Waals surface area (Å²) in [5.74, 6) is 8.91. The van der Waals surface area contributed by atoms with Crippen LogP contribution < -0.4 is 11.3 Å². The van der Waals surface area contributed by atoms with E-state index in [0.717, 1.165) is 40.0 Å². The lowest BCUT2D eigenvalue weighted by atomic mass is 10.1. The Morgan fingerprint density at radius 3 is 2.94 bits per heavy atom. The first-order valence-corrected chi connectivity index (χ1v) is 6.94. The summed E-state index contributed by atoms with van der Waals surface area (Å²) in [6.45, 7) is 2.06. The Labute approximate surface area is 110 Å². The highest BCUT2D eigenvalue weighted by molar-refractivity contribution is 7.98. The molecule has 4 nitrogen and oxygen atoms in total. The van der Waals surface area contributed by atoms with Crippen molar-refractivity contribution in [3.05, 3.63) is 41.1 Å². The molecule has 0 saturated heterocycles. The van der Waals surface area contributed by atoms with Crippen LogP contribution in [0.5, 0.6) is 0 Å². The first kappa shape index (κ1) is 11.5. The second kappa shape index (κ2) is 4.59. The molecule has 92 valence electrons. The molecular weight excluding hydrogens is 244 g/mol. The molecule has 1 aliphatic heterocycles.